The lowest BCUT2D eigenvalue weighted by molar-refractivity contribution is -0.385. The van der Waals surface area contributed by atoms with Crippen LogP contribution in [0.1, 0.15) is 23.3 Å². The number of aliphatic hydroxyl groups is 2. The largest absolute Gasteiger partial charge is 0.609 e. The van der Waals surface area contributed by atoms with Gasteiger partial charge in [-0.25, -0.2) is 9.59 Å². The predicted molar refractivity (Wildman–Crippen MR) is 180 cm³/mol. The number of carbonyl (C=O) groups excluding carboxylic acids is 2. The fraction of sp³-hybridized carbons (Fsp3) is 0.353. The number of hydrogen-bond acceptors (Lipinski definition) is 20. The molecule has 0 amide bonds. The van der Waals surface area contributed by atoms with Gasteiger partial charge in [0.2, 0.25) is 0 Å². The van der Waals surface area contributed by atoms with Crippen molar-refractivity contribution in [2.45, 2.75) is 12.2 Å². The van der Waals surface area contributed by atoms with Crippen LogP contribution >= 0.6 is 0 Å². The van der Waals surface area contributed by atoms with Gasteiger partial charge < -0.3 is 80.7 Å². The third-order valence-electron chi connectivity index (χ3n) is 7.07. The highest BCUT2D eigenvalue weighted by atomic mass is 16.6. The van der Waals surface area contributed by atoms with E-state index in [0.717, 1.165) is 12.2 Å². The van der Waals surface area contributed by atoms with Crippen molar-refractivity contribution in [1.29, 1.82) is 0 Å². The number of ether oxygens (including phenoxy) is 6. The molecule has 12 N–H and O–H groups in total. The first-order valence-corrected chi connectivity index (χ1v) is 16.7. The van der Waals surface area contributed by atoms with Crippen molar-refractivity contribution in [2.75, 3.05) is 65.9 Å². The van der Waals surface area contributed by atoms with Gasteiger partial charge in [-0.1, -0.05) is 12.1 Å². The third kappa shape index (κ3) is 14.2. The first-order chi connectivity index (χ1) is 26.8. The first kappa shape index (κ1) is 44.1. The molecule has 2 aromatic rings. The SMILES string of the molecule is O=C1OCCOCCOC(=O)C2=C/C(=C(\[O-])OCCOCCO/C([O-])=C3/C=C1N=N3)N=N2.[NH3+]CC(O)c1ccc(O)c(O)c1.[NH3+]CC(O)c1ccc(O)c(O)c1. The van der Waals surface area contributed by atoms with Crippen LogP contribution in [0.5, 0.6) is 23.0 Å². The number of carbonyl (C=O) groups is 2. The molecule has 56 heavy (non-hydrogen) atoms. The molecule has 304 valence electrons. The van der Waals surface area contributed by atoms with E-state index in [1.165, 1.54) is 24.3 Å². The third-order valence-corrected chi connectivity index (χ3v) is 7.07. The maximum Gasteiger partial charge on any atom is 0.359 e. The number of azo groups is 2. The van der Waals surface area contributed by atoms with E-state index in [0.29, 0.717) is 24.2 Å². The van der Waals surface area contributed by atoms with E-state index >= 15 is 0 Å². The molecule has 22 nitrogen and oxygen atoms in total. The molecule has 2 aromatic carbocycles. The van der Waals surface area contributed by atoms with E-state index in [1.54, 1.807) is 12.1 Å². The molecule has 5 rings (SSSR count). The van der Waals surface area contributed by atoms with Gasteiger partial charge in [-0.3, -0.25) is 0 Å². The molecule has 0 saturated carbocycles. The highest BCUT2D eigenvalue weighted by Gasteiger charge is 2.19. The van der Waals surface area contributed by atoms with Crippen molar-refractivity contribution < 1.29 is 90.3 Å². The number of phenolic OH excluding ortho intramolecular Hbond substituents is 4. The zero-order valence-electron chi connectivity index (χ0n) is 29.8. The Morgan fingerprint density at radius 3 is 1.25 bits per heavy atom. The minimum atomic E-state index is -0.787. The highest BCUT2D eigenvalue weighted by Crippen LogP contribution is 2.28. The normalized spacial score (nSPS) is 20.5. The van der Waals surface area contributed by atoms with Gasteiger partial charge in [0.1, 0.15) is 49.9 Å². The maximum atomic E-state index is 11.9. The molecule has 0 fully saturated rings. The molecule has 4 bridgehead atoms. The van der Waals surface area contributed by atoms with Crippen molar-refractivity contribution in [3.8, 4) is 23.0 Å². The molecule has 0 spiro atoms. The summed E-state index contributed by atoms with van der Waals surface area (Å²) >= 11 is 0. The van der Waals surface area contributed by atoms with E-state index in [4.69, 9.17) is 48.8 Å². The summed E-state index contributed by atoms with van der Waals surface area (Å²) in [6.45, 7) is 0.378. The number of nitrogens with zero attached hydrogens (tertiary/aromatic N) is 4. The van der Waals surface area contributed by atoms with Crippen LogP contribution in [0.2, 0.25) is 0 Å². The van der Waals surface area contributed by atoms with Crippen LogP contribution in [-0.4, -0.2) is 109 Å². The number of aliphatic hydroxyl groups excluding tert-OH is 2. The fourth-order valence-corrected chi connectivity index (χ4v) is 4.09. The van der Waals surface area contributed by atoms with Crippen LogP contribution in [0.25, 0.3) is 0 Å². The molecule has 0 radical (unpaired) electrons. The Labute approximate surface area is 318 Å². The summed E-state index contributed by atoms with van der Waals surface area (Å²) in [5, 5.41) is 92.7. The van der Waals surface area contributed by atoms with Gasteiger partial charge in [-0.2, -0.15) is 0 Å². The topological polar surface area (TPSA) is 362 Å². The number of esters is 2. The predicted octanol–water partition coefficient (Wildman–Crippen LogP) is -2.34. The average molecular weight is 791 g/mol. The molecule has 3 aliphatic heterocycles. The van der Waals surface area contributed by atoms with E-state index in [-0.39, 0.29) is 98.6 Å². The number of hydrogen-bond donors (Lipinski definition) is 8. The first-order valence-electron chi connectivity index (χ1n) is 16.7. The fourth-order valence-electron chi connectivity index (χ4n) is 4.09. The molecule has 3 aliphatic rings. The highest BCUT2D eigenvalue weighted by molar-refractivity contribution is 5.89. The Bertz CT molecular complexity index is 1710. The van der Waals surface area contributed by atoms with Crippen LogP contribution < -0.4 is 21.7 Å². The van der Waals surface area contributed by atoms with Crippen LogP contribution in [0.3, 0.4) is 0 Å². The Morgan fingerprint density at radius 1 is 0.554 bits per heavy atom. The lowest BCUT2D eigenvalue weighted by atomic mass is 10.1. The monoisotopic (exact) mass is 790 g/mol. The Balaban J connectivity index is 0.000000285. The molecular weight excluding hydrogens is 748 g/mol. The van der Waals surface area contributed by atoms with Gasteiger partial charge in [0.25, 0.3) is 0 Å². The van der Waals surface area contributed by atoms with Crippen LogP contribution in [0.4, 0.5) is 0 Å². The summed E-state index contributed by atoms with van der Waals surface area (Å²) in [5.74, 6) is -3.96. The quantitative estimate of drug-likeness (QED) is 0.119. The summed E-state index contributed by atoms with van der Waals surface area (Å²) in [7, 11) is 0. The average Bonchev–Trinajstić information content (AvgIpc) is 3.90. The Morgan fingerprint density at radius 2 is 0.911 bits per heavy atom. The number of cyclic esters (lactones) is 2. The molecule has 0 aliphatic carbocycles. The number of aromatic hydroxyl groups is 4. The van der Waals surface area contributed by atoms with Crippen molar-refractivity contribution in [3.63, 3.8) is 0 Å². The van der Waals surface area contributed by atoms with E-state index in [9.17, 15) is 30.0 Å². The van der Waals surface area contributed by atoms with Crippen molar-refractivity contribution >= 4 is 11.9 Å². The van der Waals surface area contributed by atoms with Gasteiger partial charge in [-0.15, -0.1) is 20.5 Å². The molecule has 2 atom stereocenters. The second kappa shape index (κ2) is 22.8. The van der Waals surface area contributed by atoms with Gasteiger partial charge >= 0.3 is 11.9 Å². The Kier molecular flexibility index (Phi) is 18.0. The molecule has 22 heteroatoms. The summed E-state index contributed by atoms with van der Waals surface area (Å²) in [6, 6.07) is 8.42. The minimum absolute atomic E-state index is 0.0263. The zero-order chi connectivity index (χ0) is 41.0. The van der Waals surface area contributed by atoms with Gasteiger partial charge in [-0.05, 0) is 35.4 Å². The van der Waals surface area contributed by atoms with Crippen LogP contribution in [0.15, 0.2) is 104 Å². The lowest BCUT2D eigenvalue weighted by Crippen LogP contribution is -2.52. The number of benzene rings is 2. The number of quaternary nitrogens is 2. The molecule has 2 unspecified atom stereocenters. The smallest absolute Gasteiger partial charge is 0.359 e. The number of rotatable bonds is 4. The number of phenols is 4. The maximum absolute atomic E-state index is 11.9. The van der Waals surface area contributed by atoms with Crippen molar-refractivity contribution in [2.24, 2.45) is 20.5 Å². The van der Waals surface area contributed by atoms with E-state index in [1.807, 2.05) is 0 Å². The lowest BCUT2D eigenvalue weighted by Gasteiger charge is -2.18. The molecule has 3 heterocycles. The summed E-state index contributed by atoms with van der Waals surface area (Å²) < 4.78 is 30.2. The number of fused-ring (bicyclic) bond motifs is 2. The van der Waals surface area contributed by atoms with Gasteiger partial charge in [0.15, 0.2) is 34.4 Å². The second-order valence-corrected chi connectivity index (χ2v) is 11.1. The summed E-state index contributed by atoms with van der Waals surface area (Å²) in [5.41, 5.74) is 7.52. The number of allylic oxidation sites excluding steroid dienone is 2. The second-order valence-electron chi connectivity index (χ2n) is 11.1. The van der Waals surface area contributed by atoms with Crippen molar-refractivity contribution in [3.05, 3.63) is 94.4 Å². The molecule has 0 aromatic heterocycles. The minimum Gasteiger partial charge on any atom is -0.609 e. The van der Waals surface area contributed by atoms with Gasteiger partial charge in [0.05, 0.1) is 38.3 Å². The molecular formula is C34H42N6O16. The zero-order valence-corrected chi connectivity index (χ0v) is 29.8. The Hall–Kier alpha value is -6.30. The van der Waals surface area contributed by atoms with Crippen molar-refractivity contribution in [1.82, 2.24) is 0 Å². The van der Waals surface area contributed by atoms with Gasteiger partial charge in [0, 0.05) is 25.4 Å². The van der Waals surface area contributed by atoms with E-state index in [2.05, 4.69) is 31.9 Å². The summed E-state index contributed by atoms with van der Waals surface area (Å²) in [6.07, 6.45) is 0.911. The van der Waals surface area contributed by atoms with Crippen LogP contribution in [-0.2, 0) is 38.0 Å². The molecule has 0 saturated heterocycles. The van der Waals surface area contributed by atoms with Crippen LogP contribution in [0, 0.1) is 0 Å². The standard InChI is InChI=1S/C18H20N4O10.2C8H11NO3/c23-15-11-9-12(20-19-11)17(25)31-7-3-28-4-8-32-18(26)14-10-13(21-22-14)16(24)30-6-2-27-1-5-29-15;2*9-4-8(12)5-1-2-6(10)7(11)3-5/h9-10,23-24H,1-8H2;2*1-3,8,10-12H,4,9H2/b15-11-,16-13-;;. The summed E-state index contributed by atoms with van der Waals surface area (Å²) in [4.78, 5) is 23.8. The van der Waals surface area contributed by atoms with E-state index < -0.39 is 36.0 Å².